The number of rotatable bonds is 6. The van der Waals surface area contributed by atoms with Crippen LogP contribution in [0.3, 0.4) is 0 Å². The molecule has 0 amide bonds. The number of methoxy groups -OCH3 is 1. The molecular formula is C19H22O6Zn. The van der Waals surface area contributed by atoms with Gasteiger partial charge in [-0.1, -0.05) is 24.3 Å². The Labute approximate surface area is 166 Å². The molecule has 0 atom stereocenters. The third kappa shape index (κ3) is 8.14. The number of allylic oxidation sites excluding steroid dienone is 1. The Balaban J connectivity index is 0. The number of phenolic OH excluding ortho intramolecular Hbond substituents is 1. The normalized spacial score (nSPS) is 8.69. The van der Waals surface area contributed by atoms with Gasteiger partial charge in [-0.15, -0.1) is 6.58 Å². The molecule has 0 saturated carbocycles. The van der Waals surface area contributed by atoms with Gasteiger partial charge in [-0.05, 0) is 43.2 Å². The van der Waals surface area contributed by atoms with Crippen molar-refractivity contribution in [1.82, 2.24) is 0 Å². The molecule has 26 heavy (non-hydrogen) atoms. The molecule has 0 aliphatic carbocycles. The zero-order valence-electron chi connectivity index (χ0n) is 15.0. The van der Waals surface area contributed by atoms with Gasteiger partial charge in [0, 0.05) is 0 Å². The van der Waals surface area contributed by atoms with E-state index in [2.05, 4.69) is 6.58 Å². The van der Waals surface area contributed by atoms with E-state index in [0.717, 1.165) is 12.0 Å². The van der Waals surface area contributed by atoms with E-state index >= 15 is 0 Å². The zero-order chi connectivity index (χ0) is 17.9. The molecule has 2 rings (SSSR count). The summed E-state index contributed by atoms with van der Waals surface area (Å²) in [6, 6.07) is 11.9. The predicted molar refractivity (Wildman–Crippen MR) is 93.8 cm³/mol. The Hall–Kier alpha value is -2.37. The van der Waals surface area contributed by atoms with Crippen LogP contribution in [-0.2, 0) is 31.4 Å². The summed E-state index contributed by atoms with van der Waals surface area (Å²) in [5.74, 6) is 0.145. The average molecular weight is 412 g/mol. The maximum atomic E-state index is 10.6. The van der Waals surface area contributed by atoms with E-state index in [-0.39, 0.29) is 36.3 Å². The van der Waals surface area contributed by atoms with Crippen LogP contribution in [0.5, 0.6) is 17.2 Å². The number of aromatic hydroxyl groups is 1. The number of phenols is 1. The smallest absolute Gasteiger partial charge is 2.00 e. The van der Waals surface area contributed by atoms with Gasteiger partial charge in [0.25, 0.3) is 0 Å². The van der Waals surface area contributed by atoms with Crippen molar-refractivity contribution in [1.29, 1.82) is 0 Å². The molecule has 6 nitrogen and oxygen atoms in total. The fourth-order valence-electron chi connectivity index (χ4n) is 1.94. The Morgan fingerprint density at radius 1 is 1.19 bits per heavy atom. The van der Waals surface area contributed by atoms with Crippen molar-refractivity contribution in [2.24, 2.45) is 0 Å². The van der Waals surface area contributed by atoms with Gasteiger partial charge in [0.2, 0.25) is 0 Å². The minimum Gasteiger partial charge on any atom is -2.00 e. The standard InChI is InChI=1S/C10H12O2.C9H10O3.O.Zn/c1-3-4-8-5-6-9(11)10(7-8)12-2;1-2-12-8-6-4-3-5-7(8)9(10)11;;/h3,5-7,11H,1,4H2,2H3;3-6H,2H2,1H3,(H,10,11);;/q;;-2;+2. The number of carbonyl (C=O) groups is 1. The van der Waals surface area contributed by atoms with E-state index in [4.69, 9.17) is 14.6 Å². The molecule has 2 aromatic rings. The van der Waals surface area contributed by atoms with Crippen LogP contribution in [0.2, 0.25) is 0 Å². The summed E-state index contributed by atoms with van der Waals surface area (Å²) < 4.78 is 10.1. The summed E-state index contributed by atoms with van der Waals surface area (Å²) in [7, 11) is 1.53. The van der Waals surface area contributed by atoms with Gasteiger partial charge in [-0.3, -0.25) is 0 Å². The number of benzene rings is 2. The number of hydrogen-bond donors (Lipinski definition) is 2. The molecule has 7 heteroatoms. The summed E-state index contributed by atoms with van der Waals surface area (Å²) in [6.07, 6.45) is 2.60. The van der Waals surface area contributed by atoms with Gasteiger partial charge in [-0.2, -0.15) is 0 Å². The van der Waals surface area contributed by atoms with Crippen molar-refractivity contribution in [3.05, 3.63) is 66.2 Å². The SMILES string of the molecule is C=CCc1ccc(O)c(OC)c1.CCOc1ccccc1C(=O)O.[O-2].[Zn+2]. The van der Waals surface area contributed by atoms with Crippen molar-refractivity contribution >= 4 is 5.97 Å². The number of para-hydroxylation sites is 1. The van der Waals surface area contributed by atoms with Crippen LogP contribution in [0.4, 0.5) is 0 Å². The molecule has 2 N–H and O–H groups in total. The molecule has 0 heterocycles. The molecule has 136 valence electrons. The topological polar surface area (TPSA) is 104 Å². The number of carboxylic acid groups (broad SMARTS) is 1. The third-order valence-corrected chi connectivity index (χ3v) is 3.04. The first-order valence-corrected chi connectivity index (χ1v) is 7.45. The van der Waals surface area contributed by atoms with E-state index < -0.39 is 5.97 Å². The minimum absolute atomic E-state index is 0. The van der Waals surface area contributed by atoms with Gasteiger partial charge in [-0.25, -0.2) is 4.79 Å². The summed E-state index contributed by atoms with van der Waals surface area (Å²) in [4.78, 5) is 10.6. The summed E-state index contributed by atoms with van der Waals surface area (Å²) in [5.41, 5.74) is 1.29. The Bertz CT molecular complexity index is 687. The van der Waals surface area contributed by atoms with E-state index in [1.807, 2.05) is 19.1 Å². The minimum atomic E-state index is -0.959. The van der Waals surface area contributed by atoms with Gasteiger partial charge < -0.3 is 25.2 Å². The van der Waals surface area contributed by atoms with Crippen LogP contribution in [0.1, 0.15) is 22.8 Å². The fraction of sp³-hybridized carbons (Fsp3) is 0.211. The number of aromatic carboxylic acids is 1. The molecular weight excluding hydrogens is 390 g/mol. The van der Waals surface area contributed by atoms with Gasteiger partial charge in [0.15, 0.2) is 11.5 Å². The molecule has 0 bridgehead atoms. The molecule has 0 fully saturated rings. The first kappa shape index (κ1) is 25.9. The predicted octanol–water partition coefficient (Wildman–Crippen LogP) is 3.79. The largest absolute Gasteiger partial charge is 2.00 e. The van der Waals surface area contributed by atoms with E-state index in [1.165, 1.54) is 13.2 Å². The number of hydrogen-bond acceptors (Lipinski definition) is 4. The molecule has 0 saturated heterocycles. The van der Waals surface area contributed by atoms with E-state index in [9.17, 15) is 9.90 Å². The van der Waals surface area contributed by atoms with Crippen LogP contribution in [-0.4, -0.2) is 29.9 Å². The zero-order valence-corrected chi connectivity index (χ0v) is 17.9. The van der Waals surface area contributed by atoms with Crippen molar-refractivity contribution in [2.75, 3.05) is 13.7 Å². The molecule has 0 radical (unpaired) electrons. The molecule has 2 aromatic carbocycles. The van der Waals surface area contributed by atoms with Crippen molar-refractivity contribution in [3.8, 4) is 17.2 Å². The average Bonchev–Trinajstić information content (AvgIpc) is 2.58. The van der Waals surface area contributed by atoms with E-state index in [1.54, 1.807) is 30.3 Å². The van der Waals surface area contributed by atoms with Crippen LogP contribution < -0.4 is 9.47 Å². The number of carboxylic acids is 1. The quantitative estimate of drug-likeness (QED) is 0.556. The van der Waals surface area contributed by atoms with Crippen LogP contribution >= 0.6 is 0 Å². The molecule has 0 spiro atoms. The Morgan fingerprint density at radius 3 is 2.38 bits per heavy atom. The Kier molecular flexibility index (Phi) is 13.8. The van der Waals surface area contributed by atoms with Crippen LogP contribution in [0.25, 0.3) is 0 Å². The van der Waals surface area contributed by atoms with Crippen LogP contribution in [0.15, 0.2) is 55.1 Å². The molecule has 0 aromatic heterocycles. The van der Waals surface area contributed by atoms with Crippen molar-refractivity contribution < 1.29 is 49.4 Å². The van der Waals surface area contributed by atoms with Gasteiger partial charge >= 0.3 is 25.4 Å². The maximum Gasteiger partial charge on any atom is 2.00 e. The molecule has 0 aliphatic heterocycles. The van der Waals surface area contributed by atoms with Gasteiger partial charge in [0.05, 0.1) is 13.7 Å². The summed E-state index contributed by atoms with van der Waals surface area (Å²) in [5, 5.41) is 18.0. The molecule has 0 unspecified atom stereocenters. The van der Waals surface area contributed by atoms with Gasteiger partial charge in [0.1, 0.15) is 11.3 Å². The monoisotopic (exact) mass is 410 g/mol. The summed E-state index contributed by atoms with van der Waals surface area (Å²) in [6.45, 7) is 5.93. The van der Waals surface area contributed by atoms with Crippen LogP contribution in [0, 0.1) is 0 Å². The second kappa shape index (κ2) is 13.9. The first-order valence-electron chi connectivity index (χ1n) is 7.45. The van der Waals surface area contributed by atoms with Crippen molar-refractivity contribution in [3.63, 3.8) is 0 Å². The van der Waals surface area contributed by atoms with E-state index in [0.29, 0.717) is 18.1 Å². The maximum absolute atomic E-state index is 10.6. The first-order chi connectivity index (χ1) is 11.5. The molecule has 0 aliphatic rings. The Morgan fingerprint density at radius 2 is 1.85 bits per heavy atom. The fourth-order valence-corrected chi connectivity index (χ4v) is 1.94. The second-order valence-corrected chi connectivity index (χ2v) is 4.73. The van der Waals surface area contributed by atoms with Crippen molar-refractivity contribution in [2.45, 2.75) is 13.3 Å². The number of ether oxygens (including phenoxy) is 2. The third-order valence-electron chi connectivity index (χ3n) is 3.04. The second-order valence-electron chi connectivity index (χ2n) is 4.73. The summed E-state index contributed by atoms with van der Waals surface area (Å²) >= 11 is 0.